The van der Waals surface area contributed by atoms with Crippen molar-refractivity contribution < 1.29 is 0 Å². The largest absolute Gasteiger partial charge is 0.397 e. The van der Waals surface area contributed by atoms with Crippen LogP contribution in [0.5, 0.6) is 0 Å². The molecule has 0 unspecified atom stereocenters. The second kappa shape index (κ2) is 3.66. The normalized spacial score (nSPS) is 16.4. The molecule has 1 aliphatic rings. The highest BCUT2D eigenvalue weighted by atomic mass is 79.9. The monoisotopic (exact) mass is 240 g/mol. The number of fused-ring (bicyclic) bond motifs is 1. The Morgan fingerprint density at radius 2 is 2.00 bits per heavy atom. The number of aryl methyl sites for hydroxylation is 2. The number of halogens is 1. The first kappa shape index (κ1) is 9.00. The summed E-state index contributed by atoms with van der Waals surface area (Å²) in [4.78, 5) is 4.46. The lowest BCUT2D eigenvalue weighted by molar-refractivity contribution is 0.708. The van der Waals surface area contributed by atoms with Crippen LogP contribution in [0.2, 0.25) is 0 Å². The van der Waals surface area contributed by atoms with Crippen LogP contribution in [-0.4, -0.2) is 4.98 Å². The minimum absolute atomic E-state index is 0.764. The van der Waals surface area contributed by atoms with Gasteiger partial charge in [0.15, 0.2) is 0 Å². The lowest BCUT2D eigenvalue weighted by Crippen LogP contribution is -1.99. The van der Waals surface area contributed by atoms with Crippen molar-refractivity contribution in [2.24, 2.45) is 0 Å². The Balaban J connectivity index is 2.43. The highest BCUT2D eigenvalue weighted by Crippen LogP contribution is 2.25. The Bertz CT molecular complexity index is 292. The van der Waals surface area contributed by atoms with E-state index in [1.54, 1.807) is 0 Å². The van der Waals surface area contributed by atoms with Gasteiger partial charge in [-0.05, 0) is 53.2 Å². The molecule has 1 aromatic rings. The van der Waals surface area contributed by atoms with Crippen LogP contribution in [0.15, 0.2) is 10.7 Å². The molecule has 2 N–H and O–H groups in total. The van der Waals surface area contributed by atoms with Gasteiger partial charge in [0.1, 0.15) is 4.60 Å². The van der Waals surface area contributed by atoms with E-state index >= 15 is 0 Å². The Morgan fingerprint density at radius 3 is 2.85 bits per heavy atom. The van der Waals surface area contributed by atoms with E-state index in [0.717, 1.165) is 23.1 Å². The van der Waals surface area contributed by atoms with Gasteiger partial charge in [-0.3, -0.25) is 0 Å². The molecule has 0 bridgehead atoms. The van der Waals surface area contributed by atoms with Crippen LogP contribution < -0.4 is 5.73 Å². The van der Waals surface area contributed by atoms with E-state index in [4.69, 9.17) is 5.73 Å². The molecule has 0 fully saturated rings. The highest BCUT2D eigenvalue weighted by Gasteiger charge is 2.11. The first-order valence-electron chi connectivity index (χ1n) is 4.71. The number of aromatic nitrogens is 1. The molecular formula is C10H13BrN2. The summed E-state index contributed by atoms with van der Waals surface area (Å²) in [5.74, 6) is 0. The van der Waals surface area contributed by atoms with Gasteiger partial charge in [0, 0.05) is 5.69 Å². The first-order valence-corrected chi connectivity index (χ1v) is 5.50. The first-order chi connectivity index (χ1) is 6.27. The fraction of sp³-hybridized carbons (Fsp3) is 0.500. The topological polar surface area (TPSA) is 38.9 Å². The Kier molecular flexibility index (Phi) is 2.54. The van der Waals surface area contributed by atoms with Crippen molar-refractivity contribution in [1.82, 2.24) is 4.98 Å². The van der Waals surface area contributed by atoms with E-state index in [2.05, 4.69) is 27.0 Å². The molecule has 2 rings (SSSR count). The number of hydrogen-bond acceptors (Lipinski definition) is 2. The summed E-state index contributed by atoms with van der Waals surface area (Å²) < 4.78 is 0.799. The van der Waals surface area contributed by atoms with Gasteiger partial charge in [0.05, 0.1) is 5.69 Å². The maximum absolute atomic E-state index is 5.79. The lowest BCUT2D eigenvalue weighted by Gasteiger charge is -2.06. The molecule has 0 aromatic carbocycles. The standard InChI is InChI=1S/C10H13BrN2/c11-10-8(12)6-7-4-2-1-3-5-9(7)13-10/h6H,1-5,12H2. The average molecular weight is 241 g/mol. The van der Waals surface area contributed by atoms with Gasteiger partial charge in [-0.1, -0.05) is 6.42 Å². The zero-order chi connectivity index (χ0) is 9.26. The summed E-state index contributed by atoms with van der Waals surface area (Å²) in [6.07, 6.45) is 6.09. The summed E-state index contributed by atoms with van der Waals surface area (Å²) in [5.41, 5.74) is 9.13. The van der Waals surface area contributed by atoms with E-state index in [1.807, 2.05) is 0 Å². The van der Waals surface area contributed by atoms with Crippen LogP contribution in [-0.2, 0) is 12.8 Å². The number of nitrogens with zero attached hydrogens (tertiary/aromatic N) is 1. The van der Waals surface area contributed by atoms with Gasteiger partial charge < -0.3 is 5.73 Å². The maximum Gasteiger partial charge on any atom is 0.129 e. The number of nitrogen functional groups attached to an aromatic ring is 1. The van der Waals surface area contributed by atoms with Gasteiger partial charge in [0.2, 0.25) is 0 Å². The molecule has 0 aliphatic heterocycles. The lowest BCUT2D eigenvalue weighted by atomic mass is 10.1. The predicted octanol–water partition coefficient (Wildman–Crippen LogP) is 2.70. The van der Waals surface area contributed by atoms with Crippen molar-refractivity contribution in [2.45, 2.75) is 32.1 Å². The van der Waals surface area contributed by atoms with Gasteiger partial charge in [-0.2, -0.15) is 0 Å². The van der Waals surface area contributed by atoms with Gasteiger partial charge in [-0.15, -0.1) is 0 Å². The second-order valence-electron chi connectivity index (χ2n) is 3.53. The Hall–Kier alpha value is -0.570. The summed E-state index contributed by atoms with van der Waals surface area (Å²) in [5, 5.41) is 0. The summed E-state index contributed by atoms with van der Waals surface area (Å²) >= 11 is 3.36. The molecule has 0 atom stereocenters. The summed E-state index contributed by atoms with van der Waals surface area (Å²) in [6, 6.07) is 2.07. The number of nitrogens with two attached hydrogens (primary N) is 1. The molecule has 0 saturated heterocycles. The molecule has 13 heavy (non-hydrogen) atoms. The Labute approximate surface area is 86.7 Å². The minimum atomic E-state index is 0.764. The van der Waals surface area contributed by atoms with Crippen molar-refractivity contribution in [2.75, 3.05) is 5.73 Å². The maximum atomic E-state index is 5.79. The second-order valence-corrected chi connectivity index (χ2v) is 4.29. The molecule has 3 heteroatoms. The number of rotatable bonds is 0. The zero-order valence-corrected chi connectivity index (χ0v) is 9.10. The molecule has 0 radical (unpaired) electrons. The van der Waals surface area contributed by atoms with Crippen LogP contribution >= 0.6 is 15.9 Å². The smallest absolute Gasteiger partial charge is 0.129 e. The molecule has 70 valence electrons. The van der Waals surface area contributed by atoms with Crippen molar-refractivity contribution in [3.8, 4) is 0 Å². The molecule has 0 amide bonds. The molecule has 1 aromatic heterocycles. The van der Waals surface area contributed by atoms with Crippen LogP contribution in [0.4, 0.5) is 5.69 Å². The SMILES string of the molecule is Nc1cc2c(nc1Br)CCCCC2. The quantitative estimate of drug-likeness (QED) is 0.560. The molecule has 1 aliphatic carbocycles. The van der Waals surface area contributed by atoms with Crippen molar-refractivity contribution in [3.63, 3.8) is 0 Å². The number of pyridine rings is 1. The molecule has 2 nitrogen and oxygen atoms in total. The predicted molar refractivity (Wildman–Crippen MR) is 57.6 cm³/mol. The summed E-state index contributed by atoms with van der Waals surface area (Å²) in [7, 11) is 0. The van der Waals surface area contributed by atoms with E-state index < -0.39 is 0 Å². The van der Waals surface area contributed by atoms with Crippen molar-refractivity contribution in [3.05, 3.63) is 21.9 Å². The summed E-state index contributed by atoms with van der Waals surface area (Å²) in [6.45, 7) is 0. The van der Waals surface area contributed by atoms with Crippen LogP contribution in [0, 0.1) is 0 Å². The third-order valence-corrected chi connectivity index (χ3v) is 3.17. The van der Waals surface area contributed by atoms with Crippen molar-refractivity contribution in [1.29, 1.82) is 0 Å². The molecule has 0 saturated carbocycles. The van der Waals surface area contributed by atoms with Gasteiger partial charge in [-0.25, -0.2) is 4.98 Å². The van der Waals surface area contributed by atoms with E-state index in [1.165, 1.54) is 30.5 Å². The number of anilines is 1. The third kappa shape index (κ3) is 1.85. The van der Waals surface area contributed by atoms with Gasteiger partial charge in [0.25, 0.3) is 0 Å². The van der Waals surface area contributed by atoms with Crippen molar-refractivity contribution >= 4 is 21.6 Å². The van der Waals surface area contributed by atoms with Gasteiger partial charge >= 0.3 is 0 Å². The fourth-order valence-electron chi connectivity index (χ4n) is 1.80. The Morgan fingerprint density at radius 1 is 1.23 bits per heavy atom. The zero-order valence-electron chi connectivity index (χ0n) is 7.52. The minimum Gasteiger partial charge on any atom is -0.397 e. The van der Waals surface area contributed by atoms with Crippen LogP contribution in [0.3, 0.4) is 0 Å². The molecule has 0 spiro atoms. The molecular weight excluding hydrogens is 228 g/mol. The average Bonchev–Trinajstić information content (AvgIpc) is 2.31. The third-order valence-electron chi connectivity index (χ3n) is 2.53. The fourth-order valence-corrected chi connectivity index (χ4v) is 2.13. The van der Waals surface area contributed by atoms with E-state index in [9.17, 15) is 0 Å². The highest BCUT2D eigenvalue weighted by molar-refractivity contribution is 9.10. The van der Waals surface area contributed by atoms with Crippen LogP contribution in [0.25, 0.3) is 0 Å². The molecule has 1 heterocycles. The van der Waals surface area contributed by atoms with E-state index in [0.29, 0.717) is 0 Å². The van der Waals surface area contributed by atoms with E-state index in [-0.39, 0.29) is 0 Å². The number of hydrogen-bond donors (Lipinski definition) is 1. The van der Waals surface area contributed by atoms with Crippen LogP contribution in [0.1, 0.15) is 30.5 Å².